The highest BCUT2D eigenvalue weighted by atomic mass is 31.2. The van der Waals surface area contributed by atoms with Crippen LogP contribution < -0.4 is 5.73 Å². The maximum Gasteiger partial charge on any atom is 0.472 e. The van der Waals surface area contributed by atoms with E-state index in [1.807, 2.05) is 0 Å². The summed E-state index contributed by atoms with van der Waals surface area (Å²) in [5.41, 5.74) is 5.36. The molecule has 3 N–H and O–H groups in total. The van der Waals surface area contributed by atoms with Gasteiger partial charge in [-0.25, -0.2) is 4.57 Å². The topological polar surface area (TPSA) is 134 Å². The quantitative estimate of drug-likeness (QED) is 0.0265. The predicted octanol–water partition coefficient (Wildman–Crippen LogP) is 15.1. The third-order valence-electron chi connectivity index (χ3n) is 9.53. The van der Waals surface area contributed by atoms with Crippen molar-refractivity contribution in [1.82, 2.24) is 0 Å². The zero-order valence-corrected chi connectivity index (χ0v) is 41.3. The summed E-state index contributed by atoms with van der Waals surface area (Å²) < 4.78 is 32.8. The van der Waals surface area contributed by atoms with Crippen LogP contribution in [0.3, 0.4) is 0 Å². The second kappa shape index (κ2) is 49.6. The largest absolute Gasteiger partial charge is 0.472 e. The number of ether oxygens (including phenoxy) is 2. The second-order valence-electron chi connectivity index (χ2n) is 15.6. The summed E-state index contributed by atoms with van der Waals surface area (Å²) >= 11 is 0. The number of hydrogen-bond donors (Lipinski definition) is 2. The summed E-state index contributed by atoms with van der Waals surface area (Å²) in [6.45, 7) is 3.43. The average Bonchev–Trinajstić information content (AvgIpc) is 3.30. The van der Waals surface area contributed by atoms with Gasteiger partial charge in [-0.2, -0.15) is 0 Å². The molecule has 10 heteroatoms. The highest BCUT2D eigenvalue weighted by Gasteiger charge is 2.26. The van der Waals surface area contributed by atoms with Crippen molar-refractivity contribution in [3.05, 3.63) is 134 Å². The summed E-state index contributed by atoms with van der Waals surface area (Å²) in [7, 11) is -4.40. The molecule has 9 nitrogen and oxygen atoms in total. The molecule has 0 aliphatic carbocycles. The molecule has 0 heterocycles. The Morgan fingerprint density at radius 3 is 1.18 bits per heavy atom. The minimum Gasteiger partial charge on any atom is -0.462 e. The number of phosphoric acid groups is 1. The lowest BCUT2D eigenvalue weighted by Crippen LogP contribution is -2.29. The lowest BCUT2D eigenvalue weighted by molar-refractivity contribution is -0.161. The van der Waals surface area contributed by atoms with Crippen LogP contribution in [0.5, 0.6) is 0 Å². The Kier molecular flexibility index (Phi) is 46.6. The maximum atomic E-state index is 12.6. The second-order valence-corrected chi connectivity index (χ2v) is 17.0. The summed E-state index contributed by atoms with van der Waals surface area (Å²) in [6, 6.07) is 0. The summed E-state index contributed by atoms with van der Waals surface area (Å²) in [5, 5.41) is 0. The lowest BCUT2D eigenvalue weighted by atomic mass is 10.1. The first-order valence-corrected chi connectivity index (χ1v) is 26.2. The van der Waals surface area contributed by atoms with Crippen molar-refractivity contribution < 1.29 is 37.6 Å². The minimum absolute atomic E-state index is 0.0381. The van der Waals surface area contributed by atoms with Gasteiger partial charge in [-0.05, 0) is 109 Å². The van der Waals surface area contributed by atoms with Crippen LogP contribution >= 0.6 is 7.82 Å². The number of nitrogens with two attached hydrogens (primary N) is 1. The van der Waals surface area contributed by atoms with Crippen LogP contribution in [-0.2, 0) is 32.7 Å². The summed E-state index contributed by atoms with van der Waals surface area (Å²) in [4.78, 5) is 35.0. The number of carbonyl (C=O) groups is 2. The van der Waals surface area contributed by atoms with Gasteiger partial charge in [0.25, 0.3) is 0 Å². The van der Waals surface area contributed by atoms with Crippen molar-refractivity contribution in [3.63, 3.8) is 0 Å². The Hall–Kier alpha value is -3.85. The molecule has 0 fully saturated rings. The number of hydrogen-bond acceptors (Lipinski definition) is 8. The fourth-order valence-electron chi connectivity index (χ4n) is 5.96. The average molecular weight is 922 g/mol. The predicted molar refractivity (Wildman–Crippen MR) is 274 cm³/mol. The first-order valence-electron chi connectivity index (χ1n) is 24.7. The SMILES string of the molecule is CC/C=C\C/C=C\C/C=C\C/C=C\C/C=C\C/C=C\C/C=C\C/C=C\CCCCCCC(=O)OC(COC(=O)CCCCCCC/C=C\C/C=C\C/C=C\CC)COP(=O)(O)OCCN. The van der Waals surface area contributed by atoms with Crippen molar-refractivity contribution >= 4 is 19.8 Å². The Labute approximate surface area is 395 Å². The van der Waals surface area contributed by atoms with E-state index in [0.717, 1.165) is 128 Å². The normalized spacial score (nSPS) is 14.3. The van der Waals surface area contributed by atoms with Crippen LogP contribution in [0.2, 0.25) is 0 Å². The van der Waals surface area contributed by atoms with Crippen LogP contribution in [0.25, 0.3) is 0 Å². The molecule has 65 heavy (non-hydrogen) atoms. The van der Waals surface area contributed by atoms with Gasteiger partial charge >= 0.3 is 19.8 Å². The standard InChI is InChI=1S/C55H88NO8P/c1-3-5-7-9-11-13-15-17-19-20-21-22-23-24-25-26-27-28-29-30-31-32-34-36-38-40-42-44-46-48-55(58)64-53(52-63-65(59,60)62-50-49-56)51-61-54(57)47-45-43-41-39-37-35-33-18-16-14-12-10-8-6-4-2/h5-8,11-14,17-19,21-22,24-25,27-28,30-31,33-34,36,53H,3-4,9-10,15-16,20,23,26,29,32,35,37-52,56H2,1-2H3,(H,59,60)/b7-5-,8-6-,13-11-,14-12-,19-17-,22-21-,25-24-,28-27-,31-30-,33-18-,36-34-. The van der Waals surface area contributed by atoms with Crippen molar-refractivity contribution in [3.8, 4) is 0 Å². The zero-order chi connectivity index (χ0) is 47.4. The van der Waals surface area contributed by atoms with Gasteiger partial charge in [0.2, 0.25) is 0 Å². The molecule has 0 bridgehead atoms. The molecule has 2 unspecified atom stereocenters. The molecule has 0 spiro atoms. The number of esters is 2. The van der Waals surface area contributed by atoms with E-state index in [1.54, 1.807) is 0 Å². The van der Waals surface area contributed by atoms with Crippen molar-refractivity contribution in [2.75, 3.05) is 26.4 Å². The lowest BCUT2D eigenvalue weighted by Gasteiger charge is -2.19. The van der Waals surface area contributed by atoms with E-state index in [2.05, 4.69) is 148 Å². The summed E-state index contributed by atoms with van der Waals surface area (Å²) in [5.74, 6) is -0.892. The van der Waals surface area contributed by atoms with Gasteiger partial charge in [0.05, 0.1) is 13.2 Å². The van der Waals surface area contributed by atoms with E-state index < -0.39 is 32.5 Å². The molecule has 366 valence electrons. The highest BCUT2D eigenvalue weighted by molar-refractivity contribution is 7.47. The summed E-state index contributed by atoms with van der Waals surface area (Å²) in [6.07, 6.45) is 69.2. The van der Waals surface area contributed by atoms with Gasteiger partial charge in [0, 0.05) is 19.4 Å². The monoisotopic (exact) mass is 922 g/mol. The fourth-order valence-corrected chi connectivity index (χ4v) is 6.72. The molecule has 0 saturated carbocycles. The number of rotatable bonds is 44. The van der Waals surface area contributed by atoms with Crippen LogP contribution in [0.1, 0.15) is 168 Å². The number of phosphoric ester groups is 1. The van der Waals surface area contributed by atoms with Gasteiger partial charge in [0.1, 0.15) is 6.61 Å². The van der Waals surface area contributed by atoms with Crippen molar-refractivity contribution in [2.24, 2.45) is 5.73 Å². The molecule has 0 rings (SSSR count). The van der Waals surface area contributed by atoms with Gasteiger partial charge in [-0.15, -0.1) is 0 Å². The number of allylic oxidation sites excluding steroid dienone is 22. The molecular weight excluding hydrogens is 834 g/mol. The zero-order valence-electron chi connectivity index (χ0n) is 40.4. The van der Waals surface area contributed by atoms with Crippen LogP contribution in [0.15, 0.2) is 134 Å². The van der Waals surface area contributed by atoms with E-state index in [0.29, 0.717) is 12.8 Å². The Bertz CT molecular complexity index is 1520. The molecule has 0 saturated heterocycles. The molecular formula is C55H88NO8P. The third-order valence-corrected chi connectivity index (χ3v) is 10.5. The molecule has 0 aromatic rings. The van der Waals surface area contributed by atoms with Gasteiger partial charge < -0.3 is 20.1 Å². The molecule has 0 aliphatic rings. The van der Waals surface area contributed by atoms with Crippen LogP contribution in [0, 0.1) is 0 Å². The van der Waals surface area contributed by atoms with Crippen molar-refractivity contribution in [1.29, 1.82) is 0 Å². The number of carbonyl (C=O) groups excluding carboxylic acids is 2. The Balaban J connectivity index is 4.18. The smallest absolute Gasteiger partial charge is 0.462 e. The van der Waals surface area contributed by atoms with E-state index >= 15 is 0 Å². The number of unbranched alkanes of at least 4 members (excludes halogenated alkanes) is 9. The van der Waals surface area contributed by atoms with E-state index in [1.165, 1.54) is 0 Å². The Morgan fingerprint density at radius 1 is 0.462 bits per heavy atom. The first kappa shape index (κ1) is 61.1. The van der Waals surface area contributed by atoms with Crippen LogP contribution in [0.4, 0.5) is 0 Å². The highest BCUT2D eigenvalue weighted by Crippen LogP contribution is 2.43. The van der Waals surface area contributed by atoms with Gasteiger partial charge in [-0.3, -0.25) is 18.6 Å². The van der Waals surface area contributed by atoms with E-state index in [4.69, 9.17) is 24.3 Å². The van der Waals surface area contributed by atoms with E-state index in [-0.39, 0.29) is 32.6 Å². The minimum atomic E-state index is -4.40. The molecule has 0 aromatic carbocycles. The van der Waals surface area contributed by atoms with Gasteiger partial charge in [-0.1, -0.05) is 180 Å². The maximum absolute atomic E-state index is 12.6. The molecule has 2 atom stereocenters. The van der Waals surface area contributed by atoms with Crippen molar-refractivity contribution in [2.45, 2.75) is 174 Å². The first-order chi connectivity index (χ1) is 31.8. The Morgan fingerprint density at radius 2 is 0.800 bits per heavy atom. The molecule has 0 radical (unpaired) electrons. The third kappa shape index (κ3) is 49.4. The fraction of sp³-hybridized carbons (Fsp3) is 0.564. The van der Waals surface area contributed by atoms with Crippen LogP contribution in [-0.4, -0.2) is 49.3 Å². The van der Waals surface area contributed by atoms with E-state index in [9.17, 15) is 19.0 Å². The molecule has 0 amide bonds. The van der Waals surface area contributed by atoms with Gasteiger partial charge in [0.15, 0.2) is 6.10 Å². The molecule has 0 aliphatic heterocycles. The molecule has 0 aromatic heterocycles.